The van der Waals surface area contributed by atoms with Gasteiger partial charge in [-0.2, -0.15) is 9.97 Å². The first-order valence-corrected chi connectivity index (χ1v) is 15.1. The first-order chi connectivity index (χ1) is 20.9. The molecule has 4 aromatic rings. The summed E-state index contributed by atoms with van der Waals surface area (Å²) in [5.74, 6) is 0.370. The number of aromatic nitrogens is 4. The van der Waals surface area contributed by atoms with Gasteiger partial charge in [-0.3, -0.25) is 4.79 Å². The van der Waals surface area contributed by atoms with Crippen molar-refractivity contribution in [1.82, 2.24) is 19.5 Å². The lowest BCUT2D eigenvalue weighted by atomic mass is 9.85. The van der Waals surface area contributed by atoms with Gasteiger partial charge in [0.25, 0.3) is 0 Å². The molecule has 2 aromatic heterocycles. The van der Waals surface area contributed by atoms with E-state index < -0.39 is 35.5 Å². The molecule has 11 heteroatoms. The molecule has 0 spiro atoms. The maximum atomic E-state index is 12.3. The standard InChI is InChI=1S/C32H38N8O3/c33-21-11-14-39(17-21)31-37-28(35-16-22(19-7-3-1-4-8-19)20-9-5-2-6-10-20)25-29(38-31)40(18-36-25)24-15-23(26(41)27(24)42)32(12-13-32)30(34)43/h1-10,18,21-24,26-27,41-42H,11-17,33H2,(H2,34,43)(H,35,37,38)/t21-,23-,24-,26-,27+/m1/s1. The molecule has 2 aromatic carbocycles. The number of nitrogens with one attached hydrogen (secondary N) is 1. The molecule has 3 heterocycles. The Balaban J connectivity index is 1.25. The van der Waals surface area contributed by atoms with E-state index in [4.69, 9.17) is 26.4 Å². The van der Waals surface area contributed by atoms with Crippen LogP contribution in [0.15, 0.2) is 67.0 Å². The first kappa shape index (κ1) is 27.8. The lowest BCUT2D eigenvalue weighted by molar-refractivity contribution is -0.127. The van der Waals surface area contributed by atoms with Crippen molar-refractivity contribution in [2.75, 3.05) is 29.9 Å². The normalized spacial score (nSPS) is 26.3. The summed E-state index contributed by atoms with van der Waals surface area (Å²) >= 11 is 0. The van der Waals surface area contributed by atoms with Crippen LogP contribution in [0.25, 0.3) is 11.2 Å². The van der Waals surface area contributed by atoms with Crippen molar-refractivity contribution in [1.29, 1.82) is 0 Å². The van der Waals surface area contributed by atoms with Crippen LogP contribution in [-0.4, -0.2) is 73.5 Å². The van der Waals surface area contributed by atoms with Crippen molar-refractivity contribution in [3.63, 3.8) is 0 Å². The van der Waals surface area contributed by atoms with Crippen LogP contribution in [0, 0.1) is 11.3 Å². The monoisotopic (exact) mass is 582 g/mol. The van der Waals surface area contributed by atoms with Gasteiger partial charge < -0.3 is 36.5 Å². The number of hydrogen-bond donors (Lipinski definition) is 5. The van der Waals surface area contributed by atoms with E-state index in [2.05, 4.69) is 34.5 Å². The molecule has 0 unspecified atom stereocenters. The number of hydrogen-bond acceptors (Lipinski definition) is 9. The zero-order chi connectivity index (χ0) is 29.7. The Morgan fingerprint density at radius 2 is 1.70 bits per heavy atom. The second kappa shape index (κ2) is 10.9. The number of primary amides is 1. The van der Waals surface area contributed by atoms with Crippen LogP contribution >= 0.6 is 0 Å². The summed E-state index contributed by atoms with van der Waals surface area (Å²) in [5, 5.41) is 25.8. The number of carbonyl (C=O) groups excluding carboxylic acids is 1. The van der Waals surface area contributed by atoms with Crippen molar-refractivity contribution in [3.8, 4) is 0 Å². The van der Waals surface area contributed by atoms with E-state index in [9.17, 15) is 15.0 Å². The number of nitrogens with zero attached hydrogens (tertiary/aromatic N) is 5. The first-order valence-electron chi connectivity index (χ1n) is 15.1. The summed E-state index contributed by atoms with van der Waals surface area (Å²) in [6, 6.07) is 20.2. The number of aliphatic hydroxyl groups is 2. The van der Waals surface area contributed by atoms with Crippen molar-refractivity contribution in [2.24, 2.45) is 22.8 Å². The number of rotatable bonds is 9. The molecule has 0 bridgehead atoms. The Kier molecular flexibility index (Phi) is 7.03. The number of benzene rings is 2. The minimum absolute atomic E-state index is 0.0391. The van der Waals surface area contributed by atoms with Gasteiger partial charge in [0.15, 0.2) is 17.0 Å². The van der Waals surface area contributed by atoms with E-state index in [1.54, 1.807) is 6.33 Å². The van der Waals surface area contributed by atoms with Crippen molar-refractivity contribution in [2.45, 2.75) is 55.9 Å². The van der Waals surface area contributed by atoms with Crippen molar-refractivity contribution in [3.05, 3.63) is 78.1 Å². The molecule has 224 valence electrons. The highest BCUT2D eigenvalue weighted by Gasteiger charge is 2.61. The maximum Gasteiger partial charge on any atom is 0.229 e. The third-order valence-electron chi connectivity index (χ3n) is 9.79. The number of aliphatic hydroxyl groups excluding tert-OH is 2. The lowest BCUT2D eigenvalue weighted by Gasteiger charge is -2.23. The molecule has 2 aliphatic carbocycles. The molecule has 2 saturated carbocycles. The smallest absolute Gasteiger partial charge is 0.229 e. The summed E-state index contributed by atoms with van der Waals surface area (Å²) in [6.07, 6.45) is 2.01. The molecular weight excluding hydrogens is 544 g/mol. The van der Waals surface area contributed by atoms with E-state index in [1.807, 2.05) is 41.0 Å². The molecule has 1 aliphatic heterocycles. The number of carbonyl (C=O) groups is 1. The SMILES string of the molecule is NC(=O)C1([C@@H]2C[C@@H](n3cnc4c(NCC(c5ccccc5)c5ccccc5)nc(N5CC[C@@H](N)C5)nc43)[C@H](O)[C@@H]2O)CC1. The van der Waals surface area contributed by atoms with E-state index in [0.29, 0.717) is 55.3 Å². The average Bonchev–Trinajstić information content (AvgIpc) is 3.39. The Bertz CT molecular complexity index is 1570. The van der Waals surface area contributed by atoms with Crippen molar-refractivity contribution < 1.29 is 15.0 Å². The van der Waals surface area contributed by atoms with Gasteiger partial charge in [-0.05, 0) is 36.8 Å². The van der Waals surface area contributed by atoms with Crippen molar-refractivity contribution >= 4 is 28.8 Å². The summed E-state index contributed by atoms with van der Waals surface area (Å²) in [4.78, 5) is 29.0. The number of imidazole rings is 1. The van der Waals surface area contributed by atoms with Gasteiger partial charge in [0.2, 0.25) is 11.9 Å². The molecule has 3 fully saturated rings. The minimum Gasteiger partial charge on any atom is -0.390 e. The van der Waals surface area contributed by atoms with Gasteiger partial charge in [-0.25, -0.2) is 4.98 Å². The van der Waals surface area contributed by atoms with E-state index in [-0.39, 0.29) is 12.0 Å². The highest BCUT2D eigenvalue weighted by molar-refractivity contribution is 5.85. The maximum absolute atomic E-state index is 12.3. The van der Waals surface area contributed by atoms with Gasteiger partial charge in [0, 0.05) is 37.5 Å². The van der Waals surface area contributed by atoms with Crippen LogP contribution < -0.4 is 21.7 Å². The fourth-order valence-electron chi connectivity index (χ4n) is 7.15. The second-order valence-corrected chi connectivity index (χ2v) is 12.4. The Morgan fingerprint density at radius 1 is 1.02 bits per heavy atom. The van der Waals surface area contributed by atoms with E-state index >= 15 is 0 Å². The minimum atomic E-state index is -1.09. The predicted molar refractivity (Wildman–Crippen MR) is 163 cm³/mol. The van der Waals surface area contributed by atoms with Crippen LogP contribution in [0.3, 0.4) is 0 Å². The quantitative estimate of drug-likeness (QED) is 0.199. The van der Waals surface area contributed by atoms with Crippen LogP contribution in [0.4, 0.5) is 11.8 Å². The van der Waals surface area contributed by atoms with E-state index in [1.165, 1.54) is 11.1 Å². The zero-order valence-electron chi connectivity index (χ0n) is 24.0. The van der Waals surface area contributed by atoms with Crippen LogP contribution in [-0.2, 0) is 4.79 Å². The van der Waals surface area contributed by atoms with Gasteiger partial charge in [0.05, 0.1) is 23.9 Å². The predicted octanol–water partition coefficient (Wildman–Crippen LogP) is 2.16. The molecule has 5 atom stereocenters. The largest absolute Gasteiger partial charge is 0.390 e. The molecule has 3 aliphatic rings. The van der Waals surface area contributed by atoms with Crippen LogP contribution in [0.5, 0.6) is 0 Å². The molecule has 11 nitrogen and oxygen atoms in total. The Morgan fingerprint density at radius 3 is 2.28 bits per heavy atom. The molecule has 1 saturated heterocycles. The average molecular weight is 583 g/mol. The summed E-state index contributed by atoms with van der Waals surface area (Å²) < 4.78 is 1.83. The number of fused-ring (bicyclic) bond motifs is 1. The highest BCUT2D eigenvalue weighted by Crippen LogP contribution is 2.58. The lowest BCUT2D eigenvalue weighted by Crippen LogP contribution is -2.38. The van der Waals surface area contributed by atoms with E-state index in [0.717, 1.165) is 13.0 Å². The highest BCUT2D eigenvalue weighted by atomic mass is 16.3. The molecule has 7 rings (SSSR count). The second-order valence-electron chi connectivity index (χ2n) is 12.4. The van der Waals surface area contributed by atoms with Gasteiger partial charge >= 0.3 is 0 Å². The third kappa shape index (κ3) is 4.91. The van der Waals surface area contributed by atoms with Gasteiger partial charge in [-0.15, -0.1) is 0 Å². The third-order valence-corrected chi connectivity index (χ3v) is 9.79. The number of nitrogens with two attached hydrogens (primary N) is 2. The molecule has 1 amide bonds. The zero-order valence-corrected chi connectivity index (χ0v) is 24.0. The van der Waals surface area contributed by atoms with Crippen LogP contribution in [0.1, 0.15) is 48.8 Å². The molecule has 7 N–H and O–H groups in total. The fourth-order valence-corrected chi connectivity index (χ4v) is 7.15. The molecular formula is C32H38N8O3. The fraction of sp³-hybridized carbons (Fsp3) is 0.438. The summed E-state index contributed by atoms with van der Waals surface area (Å²) in [7, 11) is 0. The topological polar surface area (TPSA) is 168 Å². The van der Waals surface area contributed by atoms with Gasteiger partial charge in [-0.1, -0.05) is 60.7 Å². The Hall–Kier alpha value is -4.06. The van der Waals surface area contributed by atoms with Crippen LogP contribution in [0.2, 0.25) is 0 Å². The number of amides is 1. The Labute approximate surface area is 250 Å². The number of anilines is 2. The summed E-state index contributed by atoms with van der Waals surface area (Å²) in [5.41, 5.74) is 14.7. The summed E-state index contributed by atoms with van der Waals surface area (Å²) in [6.45, 7) is 1.95. The van der Waals surface area contributed by atoms with Gasteiger partial charge in [0.1, 0.15) is 6.10 Å². The molecule has 0 radical (unpaired) electrons. The molecule has 43 heavy (non-hydrogen) atoms.